The minimum atomic E-state index is -0.510. The third-order valence-electron chi connectivity index (χ3n) is 12.0. The van der Waals surface area contributed by atoms with Gasteiger partial charge in [0.2, 0.25) is 0 Å². The van der Waals surface area contributed by atoms with Crippen LogP contribution in [0.5, 0.6) is 0 Å². The number of nitrogens with zero attached hydrogens (tertiary/aromatic N) is 3. The maximum Gasteiger partial charge on any atom is 0.164 e. The second kappa shape index (κ2) is 15.3. The fraction of sp³-hybridized carbons (Fsp3) is 0.0172. The van der Waals surface area contributed by atoms with Gasteiger partial charge < -0.3 is 0 Å². The summed E-state index contributed by atoms with van der Waals surface area (Å²) in [5, 5.41) is 0. The van der Waals surface area contributed by atoms with Crippen LogP contribution < -0.4 is 0 Å². The Kier molecular flexibility index (Phi) is 9.05. The van der Waals surface area contributed by atoms with Gasteiger partial charge in [0.1, 0.15) is 0 Å². The molecule has 3 nitrogen and oxygen atoms in total. The second-order valence-electron chi connectivity index (χ2n) is 15.5. The number of benzene rings is 9. The minimum absolute atomic E-state index is 0.510. The molecule has 0 unspecified atom stereocenters. The molecule has 11 rings (SSSR count). The molecule has 0 bridgehead atoms. The van der Waals surface area contributed by atoms with E-state index in [1.807, 2.05) is 12.1 Å². The van der Waals surface area contributed by atoms with Crippen LogP contribution in [0.3, 0.4) is 0 Å². The third kappa shape index (κ3) is 6.35. The summed E-state index contributed by atoms with van der Waals surface area (Å²) >= 11 is 0. The zero-order valence-corrected chi connectivity index (χ0v) is 33.4. The number of fused-ring (bicyclic) bond motifs is 3. The normalized spacial score (nSPS) is 12.4. The van der Waals surface area contributed by atoms with Crippen LogP contribution in [0, 0.1) is 0 Å². The van der Waals surface area contributed by atoms with Crippen molar-refractivity contribution in [1.29, 1.82) is 0 Å². The Balaban J connectivity index is 1.06. The summed E-state index contributed by atoms with van der Waals surface area (Å²) in [5.41, 5.74) is 16.7. The van der Waals surface area contributed by atoms with Crippen molar-refractivity contribution in [1.82, 2.24) is 15.0 Å². The molecule has 1 aliphatic carbocycles. The van der Waals surface area contributed by atoms with E-state index in [4.69, 9.17) is 15.0 Å². The molecule has 1 heterocycles. The summed E-state index contributed by atoms with van der Waals surface area (Å²) in [7, 11) is 0. The summed E-state index contributed by atoms with van der Waals surface area (Å²) < 4.78 is 0. The largest absolute Gasteiger partial charge is 0.208 e. The van der Waals surface area contributed by atoms with Gasteiger partial charge in [-0.3, -0.25) is 0 Å². The summed E-state index contributed by atoms with van der Waals surface area (Å²) in [4.78, 5) is 15.5. The van der Waals surface area contributed by atoms with E-state index in [2.05, 4.69) is 224 Å². The van der Waals surface area contributed by atoms with Crippen LogP contribution in [0.15, 0.2) is 237 Å². The van der Waals surface area contributed by atoms with Crippen molar-refractivity contribution < 1.29 is 0 Å². The number of hydrogen-bond donors (Lipinski definition) is 0. The zero-order valence-electron chi connectivity index (χ0n) is 33.4. The summed E-state index contributed by atoms with van der Waals surface area (Å²) in [6.45, 7) is 0. The minimum Gasteiger partial charge on any atom is -0.208 e. The van der Waals surface area contributed by atoms with Crippen molar-refractivity contribution in [3.05, 3.63) is 259 Å². The maximum absolute atomic E-state index is 5.18. The first-order valence-corrected chi connectivity index (χ1v) is 20.8. The molecule has 0 fully saturated rings. The molecule has 9 aromatic carbocycles. The first-order valence-electron chi connectivity index (χ1n) is 20.8. The van der Waals surface area contributed by atoms with Crippen LogP contribution in [-0.4, -0.2) is 15.0 Å². The van der Waals surface area contributed by atoms with Crippen LogP contribution >= 0.6 is 0 Å². The van der Waals surface area contributed by atoms with Gasteiger partial charge in [0.05, 0.1) is 5.41 Å². The van der Waals surface area contributed by atoms with E-state index in [-0.39, 0.29) is 0 Å². The van der Waals surface area contributed by atoms with Gasteiger partial charge in [-0.1, -0.05) is 224 Å². The fourth-order valence-electron chi connectivity index (χ4n) is 9.24. The highest BCUT2D eigenvalue weighted by atomic mass is 15.0. The van der Waals surface area contributed by atoms with Gasteiger partial charge in [0.25, 0.3) is 0 Å². The van der Waals surface area contributed by atoms with Gasteiger partial charge in [-0.15, -0.1) is 0 Å². The van der Waals surface area contributed by atoms with E-state index in [1.54, 1.807) is 0 Å². The Hall–Kier alpha value is -8.01. The molecule has 0 amide bonds. The molecule has 0 spiro atoms. The monoisotopic (exact) mass is 777 g/mol. The first kappa shape index (κ1) is 36.1. The lowest BCUT2D eigenvalue weighted by Crippen LogP contribution is -2.29. The topological polar surface area (TPSA) is 38.7 Å². The van der Waals surface area contributed by atoms with Crippen molar-refractivity contribution in [3.63, 3.8) is 0 Å². The molecule has 0 aliphatic heterocycles. The molecule has 0 radical (unpaired) electrons. The summed E-state index contributed by atoms with van der Waals surface area (Å²) in [5.74, 6) is 1.87. The molecule has 0 atom stereocenters. The predicted octanol–water partition coefficient (Wildman–Crippen LogP) is 14.2. The molecular weight excluding hydrogens is 739 g/mol. The standard InChI is InChI=1S/C58H39N3/c1-5-18-40(19-6-1)44-22-15-24-46(38-44)56-59-55(60-57(61-56)47-25-16-23-45(39-47)41-20-7-2-8-21-41)43-36-34-42(35-37-43)50-31-17-32-52-51-30-13-14-33-53(51)58(54(50)52,48-26-9-3-10-27-48)49-28-11-4-12-29-49/h1-39H. The van der Waals surface area contributed by atoms with Crippen molar-refractivity contribution in [2.45, 2.75) is 5.41 Å². The summed E-state index contributed by atoms with van der Waals surface area (Å²) in [6.07, 6.45) is 0. The highest BCUT2D eigenvalue weighted by molar-refractivity contribution is 5.92. The van der Waals surface area contributed by atoms with E-state index < -0.39 is 5.41 Å². The SMILES string of the molecule is c1ccc(-c2cccc(-c3nc(-c4ccc(-c5cccc6c5C(c5ccccc5)(c5ccccc5)c5ccccc5-6)cc4)nc(-c4cccc(-c5ccccc5)c4)n3)c2)cc1. The van der Waals surface area contributed by atoms with E-state index in [0.717, 1.165) is 44.5 Å². The van der Waals surface area contributed by atoms with Gasteiger partial charge in [-0.2, -0.15) is 0 Å². The summed E-state index contributed by atoms with van der Waals surface area (Å²) in [6, 6.07) is 84.2. The maximum atomic E-state index is 5.18. The van der Waals surface area contributed by atoms with Crippen LogP contribution in [0.4, 0.5) is 0 Å². The van der Waals surface area contributed by atoms with E-state index in [9.17, 15) is 0 Å². The number of aromatic nitrogens is 3. The second-order valence-corrected chi connectivity index (χ2v) is 15.5. The molecule has 0 saturated heterocycles. The van der Waals surface area contributed by atoms with E-state index >= 15 is 0 Å². The highest BCUT2D eigenvalue weighted by Gasteiger charge is 2.47. The quantitative estimate of drug-likeness (QED) is 0.154. The lowest BCUT2D eigenvalue weighted by molar-refractivity contribution is 0.770. The van der Waals surface area contributed by atoms with E-state index in [1.165, 1.54) is 38.9 Å². The Morgan fingerprint density at radius 2 is 0.623 bits per heavy atom. The Labute approximate surface area is 356 Å². The fourth-order valence-corrected chi connectivity index (χ4v) is 9.24. The molecule has 1 aromatic heterocycles. The van der Waals surface area contributed by atoms with Gasteiger partial charge in [-0.25, -0.2) is 15.0 Å². The van der Waals surface area contributed by atoms with Crippen LogP contribution in [0.1, 0.15) is 22.3 Å². The van der Waals surface area contributed by atoms with Gasteiger partial charge >= 0.3 is 0 Å². The van der Waals surface area contributed by atoms with Gasteiger partial charge in [-0.05, 0) is 78.9 Å². The Morgan fingerprint density at radius 3 is 1.16 bits per heavy atom. The van der Waals surface area contributed by atoms with Crippen molar-refractivity contribution >= 4 is 0 Å². The van der Waals surface area contributed by atoms with E-state index in [0.29, 0.717) is 17.5 Å². The Morgan fingerprint density at radius 1 is 0.246 bits per heavy atom. The average Bonchev–Trinajstić information content (AvgIpc) is 3.66. The number of rotatable bonds is 8. The predicted molar refractivity (Wildman–Crippen MR) is 250 cm³/mol. The van der Waals surface area contributed by atoms with Crippen LogP contribution in [0.2, 0.25) is 0 Å². The smallest absolute Gasteiger partial charge is 0.164 e. The number of hydrogen-bond acceptors (Lipinski definition) is 3. The zero-order chi connectivity index (χ0) is 40.6. The lowest BCUT2D eigenvalue weighted by atomic mass is 9.66. The molecule has 0 N–H and O–H groups in total. The Bertz CT molecular complexity index is 3020. The molecule has 286 valence electrons. The molecule has 3 heteroatoms. The van der Waals surface area contributed by atoms with Gasteiger partial charge in [0, 0.05) is 16.7 Å². The first-order chi connectivity index (χ1) is 30.2. The third-order valence-corrected chi connectivity index (χ3v) is 12.0. The molecule has 1 aliphatic rings. The van der Waals surface area contributed by atoms with Crippen molar-refractivity contribution in [2.24, 2.45) is 0 Å². The van der Waals surface area contributed by atoms with Crippen molar-refractivity contribution in [2.75, 3.05) is 0 Å². The van der Waals surface area contributed by atoms with Gasteiger partial charge in [0.15, 0.2) is 17.5 Å². The lowest BCUT2D eigenvalue weighted by Gasteiger charge is -2.35. The van der Waals surface area contributed by atoms with Crippen LogP contribution in [0.25, 0.3) is 78.7 Å². The molecule has 0 saturated carbocycles. The van der Waals surface area contributed by atoms with Crippen LogP contribution in [-0.2, 0) is 5.41 Å². The molecule has 61 heavy (non-hydrogen) atoms. The average molecular weight is 778 g/mol. The highest BCUT2D eigenvalue weighted by Crippen LogP contribution is 2.58. The molecule has 10 aromatic rings. The van der Waals surface area contributed by atoms with Crippen molar-refractivity contribution in [3.8, 4) is 78.7 Å². The molecular formula is C58H39N3.